The molecule has 0 radical (unpaired) electrons. The van der Waals surface area contributed by atoms with Gasteiger partial charge >= 0.3 is 5.97 Å². The molecule has 2 atom stereocenters. The number of carbonyl (C=O) groups is 1. The second-order valence-corrected chi connectivity index (χ2v) is 5.40. The summed E-state index contributed by atoms with van der Waals surface area (Å²) in [7, 11) is 0. The van der Waals surface area contributed by atoms with Gasteiger partial charge in [0.15, 0.2) is 11.0 Å². The lowest BCUT2D eigenvalue weighted by molar-refractivity contribution is -0.137. The molecule has 1 aromatic rings. The summed E-state index contributed by atoms with van der Waals surface area (Å²) in [5, 5.41) is 9.45. The van der Waals surface area contributed by atoms with E-state index in [1.54, 1.807) is 6.92 Å². The van der Waals surface area contributed by atoms with Crippen LogP contribution in [0.3, 0.4) is 0 Å². The molecule has 1 N–H and O–H groups in total. The van der Waals surface area contributed by atoms with Crippen LogP contribution in [0.5, 0.6) is 0 Å². The molecule has 23 heavy (non-hydrogen) atoms. The third kappa shape index (κ3) is 4.17. The average Bonchev–Trinajstić information content (AvgIpc) is 3.19. The summed E-state index contributed by atoms with van der Waals surface area (Å²) in [5.41, 5.74) is -0.632. The van der Waals surface area contributed by atoms with Gasteiger partial charge in [-0.2, -0.15) is 0 Å². The summed E-state index contributed by atoms with van der Waals surface area (Å²) in [5.74, 6) is -2.52. The fourth-order valence-electron chi connectivity index (χ4n) is 1.65. The monoisotopic (exact) mass is 364 g/mol. The van der Waals surface area contributed by atoms with Crippen molar-refractivity contribution in [3.05, 3.63) is 33.3 Å². The Kier molecular flexibility index (Phi) is 5.54. The zero-order chi connectivity index (χ0) is 17.1. The molecule has 2 rings (SSSR count). The summed E-state index contributed by atoms with van der Waals surface area (Å²) in [6.07, 6.45) is 0.154. The van der Waals surface area contributed by atoms with Crippen LogP contribution in [0.25, 0.3) is 5.76 Å². The number of rotatable bonds is 5. The second-order valence-electron chi connectivity index (χ2n) is 4.68. The first-order valence-electron chi connectivity index (χ1n) is 6.64. The summed E-state index contributed by atoms with van der Waals surface area (Å²) in [6.45, 7) is 1.61. The number of aromatic nitrogens is 1. The van der Waals surface area contributed by atoms with Gasteiger partial charge in [-0.05, 0) is 13.0 Å². The summed E-state index contributed by atoms with van der Waals surface area (Å²) in [6, 6.07) is 0.262. The number of halogens is 4. The predicted molar refractivity (Wildman–Crippen MR) is 82.2 cm³/mol. The molecule has 0 aliphatic heterocycles. The van der Waals surface area contributed by atoms with Crippen LogP contribution >= 0.6 is 23.2 Å². The van der Waals surface area contributed by atoms with Gasteiger partial charge in [-0.25, -0.2) is 18.6 Å². The SMILES string of the molecule is CCOC(=O)/C(C=NC1CC1F)=C(/O)c1cc(F)c(Cl)nc1Cl. The molecule has 0 saturated heterocycles. The van der Waals surface area contributed by atoms with E-state index in [0.29, 0.717) is 0 Å². The molecule has 0 spiro atoms. The maximum absolute atomic E-state index is 13.5. The highest BCUT2D eigenvalue weighted by Gasteiger charge is 2.37. The topological polar surface area (TPSA) is 71.8 Å². The molecule has 9 heteroatoms. The molecule has 1 fully saturated rings. The van der Waals surface area contributed by atoms with Gasteiger partial charge in [0.25, 0.3) is 0 Å². The molecule has 1 aliphatic rings. The number of nitrogens with zero attached hydrogens (tertiary/aromatic N) is 2. The van der Waals surface area contributed by atoms with Gasteiger partial charge in [0, 0.05) is 12.6 Å². The van der Waals surface area contributed by atoms with Gasteiger partial charge < -0.3 is 9.84 Å². The first kappa shape index (κ1) is 17.6. The Balaban J connectivity index is 2.45. The smallest absolute Gasteiger partial charge is 0.343 e. The molecule has 0 amide bonds. The first-order valence-corrected chi connectivity index (χ1v) is 7.40. The number of carbonyl (C=O) groups excluding carboxylic acids is 1. The summed E-state index contributed by atoms with van der Waals surface area (Å²) < 4.78 is 31.2. The first-order chi connectivity index (χ1) is 10.8. The van der Waals surface area contributed by atoms with Crippen LogP contribution < -0.4 is 0 Å². The van der Waals surface area contributed by atoms with E-state index in [-0.39, 0.29) is 29.3 Å². The Morgan fingerprint density at radius 1 is 1.57 bits per heavy atom. The Morgan fingerprint density at radius 2 is 2.22 bits per heavy atom. The molecule has 1 heterocycles. The Morgan fingerprint density at radius 3 is 2.78 bits per heavy atom. The number of alkyl halides is 1. The highest BCUT2D eigenvalue weighted by atomic mass is 35.5. The number of aliphatic imine (C=N–C) groups is 1. The van der Waals surface area contributed by atoms with E-state index in [0.717, 1.165) is 12.3 Å². The van der Waals surface area contributed by atoms with Gasteiger partial charge in [-0.1, -0.05) is 23.2 Å². The van der Waals surface area contributed by atoms with Gasteiger partial charge in [0.05, 0.1) is 18.2 Å². The number of aliphatic hydroxyl groups excluding tert-OH is 1. The van der Waals surface area contributed by atoms with E-state index >= 15 is 0 Å². The number of esters is 1. The fraction of sp³-hybridized carbons (Fsp3) is 0.357. The van der Waals surface area contributed by atoms with Gasteiger partial charge in [0.1, 0.15) is 22.7 Å². The Hall–Kier alpha value is -1.73. The van der Waals surface area contributed by atoms with E-state index < -0.39 is 34.9 Å². The van der Waals surface area contributed by atoms with E-state index in [4.69, 9.17) is 27.9 Å². The minimum absolute atomic E-state index is 0.0412. The van der Waals surface area contributed by atoms with Crippen LogP contribution in [0.15, 0.2) is 16.6 Å². The second kappa shape index (κ2) is 7.23. The molecular weight excluding hydrogens is 353 g/mol. The average molecular weight is 365 g/mol. The maximum atomic E-state index is 13.5. The van der Waals surface area contributed by atoms with Crippen molar-refractivity contribution in [3.63, 3.8) is 0 Å². The van der Waals surface area contributed by atoms with Crippen molar-refractivity contribution in [2.24, 2.45) is 4.99 Å². The van der Waals surface area contributed by atoms with Crippen molar-refractivity contribution in [3.8, 4) is 0 Å². The third-order valence-electron chi connectivity index (χ3n) is 2.97. The number of aliphatic hydroxyl groups is 1. The molecule has 2 unspecified atom stereocenters. The maximum Gasteiger partial charge on any atom is 0.343 e. The lowest BCUT2D eigenvalue weighted by Gasteiger charge is -2.08. The minimum atomic E-state index is -1.07. The Bertz CT molecular complexity index is 695. The van der Waals surface area contributed by atoms with Gasteiger partial charge in [0.2, 0.25) is 0 Å². The van der Waals surface area contributed by atoms with Crippen molar-refractivity contribution in [1.82, 2.24) is 4.98 Å². The molecule has 1 aromatic heterocycles. The fourth-order valence-corrected chi connectivity index (χ4v) is 2.06. The quantitative estimate of drug-likeness (QED) is 0.285. The zero-order valence-corrected chi connectivity index (χ0v) is 13.4. The highest BCUT2D eigenvalue weighted by molar-refractivity contribution is 6.34. The van der Waals surface area contributed by atoms with E-state index in [2.05, 4.69) is 9.98 Å². The van der Waals surface area contributed by atoms with Gasteiger partial charge in [-0.3, -0.25) is 4.99 Å². The van der Waals surface area contributed by atoms with Crippen LogP contribution in [-0.2, 0) is 9.53 Å². The molecule has 0 bridgehead atoms. The van der Waals surface area contributed by atoms with E-state index in [1.807, 2.05) is 0 Å². The number of hydrogen-bond acceptors (Lipinski definition) is 5. The molecule has 124 valence electrons. The third-order valence-corrected chi connectivity index (χ3v) is 3.52. The standard InChI is InChI=1S/C14H12Cl2F2N2O3/c1-2-23-14(22)7(5-19-10-4-8(10)17)11(21)6-3-9(18)13(16)20-12(6)15/h3,5,8,10,21H,2,4H2,1H3/b11-7+,19-5?. The van der Waals surface area contributed by atoms with Crippen LogP contribution in [0, 0.1) is 5.82 Å². The van der Waals surface area contributed by atoms with Crippen molar-refractivity contribution in [2.75, 3.05) is 6.61 Å². The van der Waals surface area contributed by atoms with E-state index in [9.17, 15) is 18.7 Å². The number of pyridine rings is 1. The minimum Gasteiger partial charge on any atom is -0.506 e. The normalized spacial score (nSPS) is 21.3. The lowest BCUT2D eigenvalue weighted by atomic mass is 10.1. The molecule has 1 saturated carbocycles. The summed E-state index contributed by atoms with van der Waals surface area (Å²) >= 11 is 11.3. The largest absolute Gasteiger partial charge is 0.506 e. The van der Waals surface area contributed by atoms with Crippen LogP contribution in [0.2, 0.25) is 10.3 Å². The molecular formula is C14H12Cl2F2N2O3. The predicted octanol–water partition coefficient (Wildman–Crippen LogP) is 3.54. The molecule has 0 aromatic carbocycles. The lowest BCUT2D eigenvalue weighted by Crippen LogP contribution is -2.12. The van der Waals surface area contributed by atoms with Crippen molar-refractivity contribution < 1.29 is 23.4 Å². The highest BCUT2D eigenvalue weighted by Crippen LogP contribution is 2.30. The van der Waals surface area contributed by atoms with Crippen molar-refractivity contribution in [2.45, 2.75) is 25.6 Å². The molecule has 1 aliphatic carbocycles. The van der Waals surface area contributed by atoms with Gasteiger partial charge in [-0.15, -0.1) is 0 Å². The van der Waals surface area contributed by atoms with E-state index in [1.165, 1.54) is 0 Å². The molecule has 5 nitrogen and oxygen atoms in total. The van der Waals surface area contributed by atoms with Crippen LogP contribution in [0.4, 0.5) is 8.78 Å². The van der Waals surface area contributed by atoms with Crippen molar-refractivity contribution >= 4 is 41.1 Å². The van der Waals surface area contributed by atoms with Crippen LogP contribution in [-0.4, -0.2) is 41.1 Å². The summed E-state index contributed by atoms with van der Waals surface area (Å²) in [4.78, 5) is 19.3. The number of ether oxygens (including phenoxy) is 1. The van der Waals surface area contributed by atoms with Crippen LogP contribution in [0.1, 0.15) is 18.9 Å². The Labute approximate surface area is 140 Å². The number of hydrogen-bond donors (Lipinski definition) is 1. The zero-order valence-electron chi connectivity index (χ0n) is 11.9. The van der Waals surface area contributed by atoms with Crippen molar-refractivity contribution in [1.29, 1.82) is 0 Å².